The lowest BCUT2D eigenvalue weighted by Crippen LogP contribution is -2.26. The van der Waals surface area contributed by atoms with Crippen LogP contribution in [0.3, 0.4) is 0 Å². The van der Waals surface area contributed by atoms with Crippen molar-refractivity contribution < 1.29 is 26.5 Å². The van der Waals surface area contributed by atoms with Crippen molar-refractivity contribution in [3.8, 4) is 0 Å². The van der Waals surface area contributed by atoms with Gasteiger partial charge in [-0.1, -0.05) is 0 Å². The molecule has 0 aliphatic heterocycles. The van der Waals surface area contributed by atoms with Gasteiger partial charge in [0.05, 0.1) is 4.92 Å². The highest BCUT2D eigenvalue weighted by atomic mass is 32.2. The Bertz CT molecular complexity index is 631. The zero-order valence-corrected chi connectivity index (χ0v) is 11.4. The molecule has 0 radical (unpaired) electrons. The fourth-order valence-corrected chi connectivity index (χ4v) is 2.75. The van der Waals surface area contributed by atoms with Crippen molar-refractivity contribution >= 4 is 21.4 Å². The summed E-state index contributed by atoms with van der Waals surface area (Å²) < 4.78 is 61.5. The van der Waals surface area contributed by atoms with E-state index in [2.05, 4.69) is 0 Å². The van der Waals surface area contributed by atoms with Crippen LogP contribution in [0.5, 0.6) is 0 Å². The van der Waals surface area contributed by atoms with Crippen LogP contribution in [0.4, 0.5) is 24.5 Å². The maximum Gasteiger partial charge on any atom is 0.389 e. The second-order valence-corrected chi connectivity index (χ2v) is 5.84. The SMILES string of the molecule is Nc1ccc([N+](=O)[O-])c(S(=O)(=O)NCCCC(F)(F)F)c1. The van der Waals surface area contributed by atoms with Gasteiger partial charge >= 0.3 is 6.18 Å². The Morgan fingerprint density at radius 1 is 1.33 bits per heavy atom. The number of sulfonamides is 1. The first kappa shape index (κ1) is 17.2. The van der Waals surface area contributed by atoms with Crippen LogP contribution in [0, 0.1) is 10.1 Å². The summed E-state index contributed by atoms with van der Waals surface area (Å²) >= 11 is 0. The largest absolute Gasteiger partial charge is 0.399 e. The number of benzene rings is 1. The van der Waals surface area contributed by atoms with Crippen LogP contribution in [0.1, 0.15) is 12.8 Å². The lowest BCUT2D eigenvalue weighted by molar-refractivity contribution is -0.387. The predicted molar refractivity (Wildman–Crippen MR) is 68.0 cm³/mol. The van der Waals surface area contributed by atoms with E-state index in [1.165, 1.54) is 0 Å². The molecule has 1 aromatic carbocycles. The summed E-state index contributed by atoms with van der Waals surface area (Å²) in [5.74, 6) is 0. The molecule has 0 aliphatic carbocycles. The van der Waals surface area contributed by atoms with Gasteiger partial charge in [-0.15, -0.1) is 0 Å². The smallest absolute Gasteiger partial charge is 0.389 e. The molecular weight excluding hydrogens is 315 g/mol. The topological polar surface area (TPSA) is 115 Å². The van der Waals surface area contributed by atoms with E-state index >= 15 is 0 Å². The van der Waals surface area contributed by atoms with Crippen LogP contribution in [0.25, 0.3) is 0 Å². The van der Waals surface area contributed by atoms with Crippen molar-refractivity contribution in [3.05, 3.63) is 28.3 Å². The predicted octanol–water partition coefficient (Wildman–Crippen LogP) is 1.80. The standard InChI is InChI=1S/C10H12F3N3O4S/c11-10(12,13)4-1-5-15-21(19,20)9-6-7(14)2-3-8(9)16(17)18/h2-3,6,15H,1,4-5,14H2. The normalized spacial score (nSPS) is 12.3. The lowest BCUT2D eigenvalue weighted by Gasteiger charge is -2.09. The minimum absolute atomic E-state index is 0.0173. The molecule has 118 valence electrons. The first-order valence-electron chi connectivity index (χ1n) is 5.63. The van der Waals surface area contributed by atoms with E-state index in [-0.39, 0.29) is 5.69 Å². The Hall–Kier alpha value is -1.88. The summed E-state index contributed by atoms with van der Waals surface area (Å²) in [6, 6.07) is 2.95. The van der Waals surface area contributed by atoms with E-state index in [1.54, 1.807) is 0 Å². The number of anilines is 1. The maximum absolute atomic E-state index is 11.9. The van der Waals surface area contributed by atoms with Crippen LogP contribution in [-0.2, 0) is 10.0 Å². The third-order valence-corrected chi connectivity index (χ3v) is 3.89. The molecule has 0 heterocycles. The number of alkyl halides is 3. The number of nitrogens with one attached hydrogen (secondary N) is 1. The molecule has 0 bridgehead atoms. The molecule has 0 aliphatic rings. The number of nitro groups is 1. The van der Waals surface area contributed by atoms with Crippen molar-refractivity contribution in [2.45, 2.75) is 23.9 Å². The van der Waals surface area contributed by atoms with E-state index in [9.17, 15) is 31.7 Å². The van der Waals surface area contributed by atoms with Crippen molar-refractivity contribution in [3.63, 3.8) is 0 Å². The molecule has 0 amide bonds. The van der Waals surface area contributed by atoms with Gasteiger partial charge in [-0.25, -0.2) is 13.1 Å². The monoisotopic (exact) mass is 327 g/mol. The van der Waals surface area contributed by atoms with Gasteiger partial charge in [0.2, 0.25) is 10.0 Å². The Morgan fingerprint density at radius 3 is 2.48 bits per heavy atom. The summed E-state index contributed by atoms with van der Waals surface area (Å²) in [6.45, 7) is -0.492. The van der Waals surface area contributed by atoms with Crippen molar-refractivity contribution in [2.75, 3.05) is 12.3 Å². The Morgan fingerprint density at radius 2 is 1.95 bits per heavy atom. The van der Waals surface area contributed by atoms with Crippen molar-refractivity contribution in [1.29, 1.82) is 0 Å². The molecule has 3 N–H and O–H groups in total. The van der Waals surface area contributed by atoms with Crippen LogP contribution >= 0.6 is 0 Å². The zero-order valence-electron chi connectivity index (χ0n) is 10.6. The molecule has 0 atom stereocenters. The molecule has 11 heteroatoms. The van der Waals surface area contributed by atoms with E-state index in [1.807, 2.05) is 4.72 Å². The number of halogens is 3. The van der Waals surface area contributed by atoms with Crippen LogP contribution in [0.15, 0.2) is 23.1 Å². The van der Waals surface area contributed by atoms with E-state index in [0.717, 1.165) is 18.2 Å². The molecule has 0 aromatic heterocycles. The number of hydrogen-bond acceptors (Lipinski definition) is 5. The van der Waals surface area contributed by atoms with Gasteiger partial charge in [0, 0.05) is 24.7 Å². The second-order valence-electron chi connectivity index (χ2n) is 4.10. The molecule has 7 nitrogen and oxygen atoms in total. The quantitative estimate of drug-likeness (QED) is 0.358. The van der Waals surface area contributed by atoms with Gasteiger partial charge in [0.25, 0.3) is 5.69 Å². The first-order chi connectivity index (χ1) is 9.53. The van der Waals surface area contributed by atoms with Crippen LogP contribution < -0.4 is 10.5 Å². The molecule has 0 spiro atoms. The second kappa shape index (κ2) is 6.26. The highest BCUT2D eigenvalue weighted by Gasteiger charge is 2.28. The highest BCUT2D eigenvalue weighted by Crippen LogP contribution is 2.26. The first-order valence-corrected chi connectivity index (χ1v) is 7.11. The molecule has 0 unspecified atom stereocenters. The number of hydrogen-bond donors (Lipinski definition) is 2. The Balaban J connectivity index is 2.88. The summed E-state index contributed by atoms with van der Waals surface area (Å²) in [6.07, 6.45) is -6.03. The van der Waals surface area contributed by atoms with Gasteiger partial charge in [-0.3, -0.25) is 10.1 Å². The van der Waals surface area contributed by atoms with Gasteiger partial charge in [0.15, 0.2) is 4.90 Å². The summed E-state index contributed by atoms with van der Waals surface area (Å²) in [4.78, 5) is 9.17. The molecule has 1 rings (SSSR count). The summed E-state index contributed by atoms with van der Waals surface area (Å²) in [7, 11) is -4.32. The van der Waals surface area contributed by atoms with Gasteiger partial charge < -0.3 is 5.73 Å². The number of nitro benzene ring substituents is 1. The molecule has 0 fully saturated rings. The number of nitrogens with zero attached hydrogens (tertiary/aromatic N) is 1. The lowest BCUT2D eigenvalue weighted by atomic mass is 10.3. The van der Waals surface area contributed by atoms with E-state index in [4.69, 9.17) is 5.73 Å². The van der Waals surface area contributed by atoms with Gasteiger partial charge in [-0.2, -0.15) is 13.2 Å². The minimum Gasteiger partial charge on any atom is -0.399 e. The Labute approximate surface area is 118 Å². The Kier molecular flexibility index (Phi) is 5.12. The number of rotatable bonds is 6. The maximum atomic E-state index is 11.9. The average molecular weight is 327 g/mol. The van der Waals surface area contributed by atoms with Crippen LogP contribution in [-0.4, -0.2) is 26.1 Å². The van der Waals surface area contributed by atoms with E-state index in [0.29, 0.717) is 0 Å². The van der Waals surface area contributed by atoms with Crippen molar-refractivity contribution in [2.24, 2.45) is 0 Å². The third kappa shape index (κ3) is 5.19. The van der Waals surface area contributed by atoms with Crippen LogP contribution in [0.2, 0.25) is 0 Å². The average Bonchev–Trinajstić information content (AvgIpc) is 2.33. The van der Waals surface area contributed by atoms with Gasteiger partial charge in [0.1, 0.15) is 0 Å². The molecule has 0 saturated carbocycles. The molecule has 21 heavy (non-hydrogen) atoms. The van der Waals surface area contributed by atoms with Gasteiger partial charge in [-0.05, 0) is 18.6 Å². The summed E-state index contributed by atoms with van der Waals surface area (Å²) in [5, 5.41) is 10.8. The third-order valence-electron chi connectivity index (χ3n) is 2.40. The van der Waals surface area contributed by atoms with Crippen molar-refractivity contribution in [1.82, 2.24) is 4.72 Å². The fraction of sp³-hybridized carbons (Fsp3) is 0.400. The summed E-state index contributed by atoms with van der Waals surface area (Å²) in [5.41, 5.74) is 4.65. The molecule has 0 saturated heterocycles. The molecular formula is C10H12F3N3O4S. The minimum atomic E-state index is -4.39. The number of nitrogen functional groups attached to an aromatic ring is 1. The fourth-order valence-electron chi connectivity index (χ4n) is 1.47. The van der Waals surface area contributed by atoms with E-state index < -0.39 is 51.1 Å². The number of nitrogens with two attached hydrogens (primary N) is 1. The highest BCUT2D eigenvalue weighted by molar-refractivity contribution is 7.89. The molecule has 1 aromatic rings. The zero-order chi connectivity index (χ0) is 16.3.